The fourth-order valence-corrected chi connectivity index (χ4v) is 2.73. The van der Waals surface area contributed by atoms with Crippen LogP contribution in [-0.2, 0) is 24.4 Å². The number of amides is 1. The molecule has 0 fully saturated rings. The molecule has 0 atom stereocenters. The first-order valence-electron chi connectivity index (χ1n) is 10.2. The van der Waals surface area contributed by atoms with Crippen LogP contribution < -0.4 is 10.6 Å². The first-order valence-corrected chi connectivity index (χ1v) is 10.2. The summed E-state index contributed by atoms with van der Waals surface area (Å²) in [5.74, 6) is 0.768. The van der Waals surface area contributed by atoms with E-state index in [1.807, 2.05) is 49.8 Å². The number of nitrogens with zero attached hydrogens (tertiary/aromatic N) is 4. The van der Waals surface area contributed by atoms with Crippen LogP contribution in [0.1, 0.15) is 38.3 Å². The molecular weight excluding hydrogens is 507 g/mol. The lowest BCUT2D eigenvalue weighted by molar-refractivity contribution is 0.0285. The van der Waals surface area contributed by atoms with E-state index >= 15 is 0 Å². The highest BCUT2D eigenvalue weighted by Gasteiger charge is 2.19. The molecule has 2 N–H and O–H groups in total. The lowest BCUT2D eigenvalue weighted by Crippen LogP contribution is -2.37. The minimum absolute atomic E-state index is 0. The lowest BCUT2D eigenvalue weighted by atomic mass is 10.1. The second kappa shape index (κ2) is 13.2. The zero-order valence-corrected chi connectivity index (χ0v) is 21.4. The van der Waals surface area contributed by atoms with E-state index in [-0.39, 0.29) is 30.1 Å². The summed E-state index contributed by atoms with van der Waals surface area (Å²) in [6.45, 7) is 8.45. The number of rotatable bonds is 8. The van der Waals surface area contributed by atoms with E-state index in [0.29, 0.717) is 13.1 Å². The van der Waals surface area contributed by atoms with Crippen LogP contribution in [0.4, 0.5) is 4.79 Å². The van der Waals surface area contributed by atoms with E-state index in [9.17, 15) is 4.79 Å². The van der Waals surface area contributed by atoms with Gasteiger partial charge in [0.05, 0.1) is 0 Å². The van der Waals surface area contributed by atoms with Gasteiger partial charge in [-0.2, -0.15) is 5.10 Å². The van der Waals surface area contributed by atoms with Gasteiger partial charge < -0.3 is 20.3 Å². The smallest absolute Gasteiger partial charge is 0.410 e. The predicted octanol–water partition coefficient (Wildman–Crippen LogP) is 3.62. The van der Waals surface area contributed by atoms with Crippen molar-refractivity contribution in [3.63, 3.8) is 0 Å². The second-order valence-electron chi connectivity index (χ2n) is 8.13. The molecule has 8 nitrogen and oxygen atoms in total. The maximum atomic E-state index is 12.1. The van der Waals surface area contributed by atoms with Crippen LogP contribution in [0.3, 0.4) is 0 Å². The number of halogens is 1. The number of aliphatic imine (C=N–C) groups is 1. The van der Waals surface area contributed by atoms with Crippen LogP contribution in [0.2, 0.25) is 0 Å². The molecule has 0 bridgehead atoms. The van der Waals surface area contributed by atoms with Crippen molar-refractivity contribution in [2.75, 3.05) is 20.6 Å². The number of carbonyl (C=O) groups excluding carboxylic acids is 1. The molecule has 172 valence electrons. The topological polar surface area (TPSA) is 83.8 Å². The molecule has 1 aromatic carbocycles. The third-order valence-electron chi connectivity index (χ3n) is 4.25. The van der Waals surface area contributed by atoms with Gasteiger partial charge in [-0.05, 0) is 44.4 Å². The van der Waals surface area contributed by atoms with E-state index in [1.54, 1.807) is 25.2 Å². The first kappa shape index (κ1) is 26.7. The van der Waals surface area contributed by atoms with Gasteiger partial charge in [0.2, 0.25) is 0 Å². The van der Waals surface area contributed by atoms with E-state index < -0.39 is 5.60 Å². The van der Waals surface area contributed by atoms with E-state index in [4.69, 9.17) is 4.74 Å². The zero-order valence-electron chi connectivity index (χ0n) is 19.1. The first-order chi connectivity index (χ1) is 14.3. The summed E-state index contributed by atoms with van der Waals surface area (Å²) in [7, 11) is 3.50. The number of aromatic nitrogens is 2. The molecule has 31 heavy (non-hydrogen) atoms. The molecule has 0 saturated heterocycles. The molecule has 0 unspecified atom stereocenters. The highest BCUT2D eigenvalue weighted by Crippen LogP contribution is 2.12. The summed E-state index contributed by atoms with van der Waals surface area (Å²) in [4.78, 5) is 17.9. The van der Waals surface area contributed by atoms with Gasteiger partial charge in [-0.15, -0.1) is 24.0 Å². The average Bonchev–Trinajstić information content (AvgIpc) is 3.20. The van der Waals surface area contributed by atoms with Gasteiger partial charge in [0.15, 0.2) is 5.96 Å². The quantitative estimate of drug-likeness (QED) is 0.231. The highest BCUT2D eigenvalue weighted by atomic mass is 127. The van der Waals surface area contributed by atoms with Crippen molar-refractivity contribution in [2.45, 2.75) is 52.4 Å². The Bertz CT molecular complexity index is 800. The van der Waals surface area contributed by atoms with Crippen LogP contribution in [-0.4, -0.2) is 53.0 Å². The number of ether oxygens (including phenoxy) is 1. The van der Waals surface area contributed by atoms with Gasteiger partial charge in [0.1, 0.15) is 5.60 Å². The third kappa shape index (κ3) is 10.5. The Labute approximate surface area is 202 Å². The monoisotopic (exact) mass is 542 g/mol. The molecule has 0 aliphatic rings. The maximum Gasteiger partial charge on any atom is 0.410 e. The zero-order chi connectivity index (χ0) is 22.0. The molecule has 1 amide bonds. The number of aryl methyl sites for hydroxylation is 1. The van der Waals surface area contributed by atoms with Crippen molar-refractivity contribution < 1.29 is 9.53 Å². The largest absolute Gasteiger partial charge is 0.444 e. The summed E-state index contributed by atoms with van der Waals surface area (Å²) in [6, 6.07) is 10.1. The number of carbonyl (C=O) groups is 1. The standard InChI is InChI=1S/C22H34N6O2.HI/c1-22(2,3)30-21(29)27(5)17-19-10-8-18(9-11-19)16-25-20(23-4)24-12-6-14-28-15-7-13-26-28;/h7-11,13,15H,6,12,14,16-17H2,1-5H3,(H2,23,24,25);1H. The van der Waals surface area contributed by atoms with Crippen LogP contribution in [0.15, 0.2) is 47.7 Å². The van der Waals surface area contributed by atoms with Crippen molar-refractivity contribution in [3.05, 3.63) is 53.9 Å². The number of hydrogen-bond donors (Lipinski definition) is 2. The summed E-state index contributed by atoms with van der Waals surface area (Å²) in [6.07, 6.45) is 4.38. The molecule has 0 saturated carbocycles. The second-order valence-corrected chi connectivity index (χ2v) is 8.13. The Kier molecular flexibility index (Phi) is 11.4. The number of nitrogens with one attached hydrogen (secondary N) is 2. The van der Waals surface area contributed by atoms with E-state index in [1.165, 1.54) is 0 Å². The summed E-state index contributed by atoms with van der Waals surface area (Å²) in [5, 5.41) is 10.8. The molecule has 0 spiro atoms. The predicted molar refractivity (Wildman–Crippen MR) is 135 cm³/mol. The molecule has 2 rings (SSSR count). The fourth-order valence-electron chi connectivity index (χ4n) is 2.73. The van der Waals surface area contributed by atoms with Crippen LogP contribution in [0, 0.1) is 0 Å². The fraction of sp³-hybridized carbons (Fsp3) is 0.500. The van der Waals surface area contributed by atoms with Gasteiger partial charge >= 0.3 is 6.09 Å². The molecule has 1 aromatic heterocycles. The molecule has 2 aromatic rings. The SMILES string of the molecule is CN=C(NCCCn1cccn1)NCc1ccc(CN(C)C(=O)OC(C)(C)C)cc1.I. The Hall–Kier alpha value is -2.30. The summed E-state index contributed by atoms with van der Waals surface area (Å²) >= 11 is 0. The number of guanidine groups is 1. The lowest BCUT2D eigenvalue weighted by Gasteiger charge is -2.24. The summed E-state index contributed by atoms with van der Waals surface area (Å²) in [5.41, 5.74) is 1.69. The van der Waals surface area contributed by atoms with E-state index in [0.717, 1.165) is 36.6 Å². The van der Waals surface area contributed by atoms with Gasteiger partial charge in [0.25, 0.3) is 0 Å². The van der Waals surface area contributed by atoms with Gasteiger partial charge in [-0.25, -0.2) is 4.79 Å². The number of hydrogen-bond acceptors (Lipinski definition) is 4. The maximum absolute atomic E-state index is 12.1. The Balaban J connectivity index is 0.00000480. The molecule has 0 aliphatic heterocycles. The highest BCUT2D eigenvalue weighted by molar-refractivity contribution is 14.0. The van der Waals surface area contributed by atoms with E-state index in [2.05, 4.69) is 32.9 Å². The number of benzene rings is 1. The Morgan fingerprint density at radius 3 is 2.45 bits per heavy atom. The molecular formula is C22H35IN6O2. The Morgan fingerprint density at radius 2 is 1.87 bits per heavy atom. The van der Waals surface area contributed by atoms with Crippen molar-refractivity contribution in [1.82, 2.24) is 25.3 Å². The summed E-state index contributed by atoms with van der Waals surface area (Å²) < 4.78 is 7.30. The van der Waals surface area contributed by atoms with Gasteiger partial charge in [-0.3, -0.25) is 9.67 Å². The minimum atomic E-state index is -0.493. The van der Waals surface area contributed by atoms with Crippen molar-refractivity contribution in [3.8, 4) is 0 Å². The third-order valence-corrected chi connectivity index (χ3v) is 4.25. The van der Waals surface area contributed by atoms with Crippen LogP contribution in [0.5, 0.6) is 0 Å². The van der Waals surface area contributed by atoms with Crippen LogP contribution in [0.25, 0.3) is 0 Å². The normalized spacial score (nSPS) is 11.5. The van der Waals surface area contributed by atoms with Gasteiger partial charge in [0, 0.05) is 52.7 Å². The minimum Gasteiger partial charge on any atom is -0.444 e. The van der Waals surface area contributed by atoms with Gasteiger partial charge in [-0.1, -0.05) is 24.3 Å². The van der Waals surface area contributed by atoms with Crippen molar-refractivity contribution in [1.29, 1.82) is 0 Å². The molecule has 9 heteroatoms. The van der Waals surface area contributed by atoms with Crippen LogP contribution >= 0.6 is 24.0 Å². The van der Waals surface area contributed by atoms with Crippen molar-refractivity contribution in [2.24, 2.45) is 4.99 Å². The average molecular weight is 542 g/mol. The molecule has 0 radical (unpaired) electrons. The molecule has 1 heterocycles. The molecule has 0 aliphatic carbocycles. The Morgan fingerprint density at radius 1 is 1.19 bits per heavy atom. The van der Waals surface area contributed by atoms with Crippen molar-refractivity contribution >= 4 is 36.0 Å².